The molecule has 0 atom stereocenters. The van der Waals surface area contributed by atoms with Crippen molar-refractivity contribution in [2.75, 3.05) is 41.2 Å². The van der Waals surface area contributed by atoms with Gasteiger partial charge in [-0.15, -0.1) is 11.3 Å². The summed E-state index contributed by atoms with van der Waals surface area (Å²) < 4.78 is 62.1. The van der Waals surface area contributed by atoms with E-state index in [1.54, 1.807) is 36.5 Å². The number of thiazole rings is 1. The first-order chi connectivity index (χ1) is 22.1. The maximum absolute atomic E-state index is 14.3. The summed E-state index contributed by atoms with van der Waals surface area (Å²) in [4.78, 5) is 20.0. The van der Waals surface area contributed by atoms with Crippen LogP contribution in [0.4, 0.5) is 31.9 Å². The Bertz CT molecular complexity index is 1980. The highest BCUT2D eigenvalue weighted by Crippen LogP contribution is 2.40. The number of hydrogen-bond donors (Lipinski definition) is 3. The van der Waals surface area contributed by atoms with Crippen LogP contribution in [0.2, 0.25) is 0 Å². The van der Waals surface area contributed by atoms with Crippen molar-refractivity contribution < 1.29 is 27.0 Å². The fourth-order valence-electron chi connectivity index (χ4n) is 4.79. The molecule has 5 aromatic rings. The van der Waals surface area contributed by atoms with Crippen LogP contribution in [0.3, 0.4) is 0 Å². The standard InChI is InChI=1S/C31H29F2N7O4S2/c1-18(2)30-38-27(19-5-3-6-20(15-19)39-46(42,43)29-21(32)7-4-8-22(29)33)28(45-30)23-9-10-34-31(36-23)37-24-17-35-26(16-25(24)41)40-11-13-44-14-12-40/h3-10,15-18,39H,11-14H2,1-2H3,(H,35,41)(H,34,36,37). The van der Waals surface area contributed by atoms with E-state index in [1.807, 2.05) is 18.7 Å². The van der Waals surface area contributed by atoms with Crippen LogP contribution in [0, 0.1) is 11.6 Å². The van der Waals surface area contributed by atoms with E-state index in [0.29, 0.717) is 59.6 Å². The quantitative estimate of drug-likeness (QED) is 0.168. The Hall–Kier alpha value is -4.73. The van der Waals surface area contributed by atoms with Crippen molar-refractivity contribution in [2.45, 2.75) is 24.7 Å². The second kappa shape index (κ2) is 12.9. The number of nitrogens with zero attached hydrogens (tertiary/aromatic N) is 5. The van der Waals surface area contributed by atoms with Crippen LogP contribution in [0.15, 0.2) is 71.9 Å². The van der Waals surface area contributed by atoms with Gasteiger partial charge in [0.05, 0.1) is 40.7 Å². The van der Waals surface area contributed by atoms with Crippen molar-refractivity contribution in [1.29, 1.82) is 0 Å². The molecule has 46 heavy (non-hydrogen) atoms. The maximum Gasteiger partial charge on any atom is 0.267 e. The molecular formula is C31H29F2N7O4S2. The predicted octanol–water partition coefficient (Wildman–Crippen LogP) is 6.15. The summed E-state index contributed by atoms with van der Waals surface area (Å²) in [5.74, 6) is -1.47. The van der Waals surface area contributed by atoms with Crippen LogP contribution < -0.4 is 14.9 Å². The van der Waals surface area contributed by atoms with Gasteiger partial charge in [0, 0.05) is 42.5 Å². The zero-order valence-electron chi connectivity index (χ0n) is 24.7. The molecule has 0 bridgehead atoms. The lowest BCUT2D eigenvalue weighted by molar-refractivity contribution is 0.122. The molecule has 0 spiro atoms. The van der Waals surface area contributed by atoms with E-state index in [2.05, 4.69) is 25.0 Å². The number of sulfonamides is 1. The highest BCUT2D eigenvalue weighted by atomic mass is 32.2. The average Bonchev–Trinajstić information content (AvgIpc) is 3.49. The summed E-state index contributed by atoms with van der Waals surface area (Å²) in [6.07, 6.45) is 3.09. The molecule has 1 aliphatic rings. The van der Waals surface area contributed by atoms with Gasteiger partial charge >= 0.3 is 0 Å². The smallest absolute Gasteiger partial charge is 0.267 e. The maximum atomic E-state index is 14.3. The number of anilines is 4. The zero-order valence-corrected chi connectivity index (χ0v) is 26.4. The minimum absolute atomic E-state index is 0.0133. The van der Waals surface area contributed by atoms with E-state index in [1.165, 1.54) is 23.6 Å². The van der Waals surface area contributed by atoms with Crippen LogP contribution in [-0.2, 0) is 14.8 Å². The zero-order chi connectivity index (χ0) is 32.4. The first-order valence-corrected chi connectivity index (χ1v) is 16.6. The molecule has 11 nitrogen and oxygen atoms in total. The molecule has 0 aliphatic carbocycles. The third-order valence-electron chi connectivity index (χ3n) is 7.05. The topological polar surface area (TPSA) is 142 Å². The molecule has 0 unspecified atom stereocenters. The summed E-state index contributed by atoms with van der Waals surface area (Å²) in [5.41, 5.74) is 2.05. The molecule has 0 radical (unpaired) electrons. The first kappa shape index (κ1) is 31.3. The van der Waals surface area contributed by atoms with Crippen LogP contribution in [0.5, 0.6) is 5.75 Å². The molecule has 238 valence electrons. The van der Waals surface area contributed by atoms with E-state index in [4.69, 9.17) is 9.72 Å². The number of aromatic hydroxyl groups is 1. The lowest BCUT2D eigenvalue weighted by Crippen LogP contribution is -2.36. The number of pyridine rings is 1. The monoisotopic (exact) mass is 665 g/mol. The molecule has 6 rings (SSSR count). The normalized spacial score (nSPS) is 13.6. The SMILES string of the molecule is CC(C)c1nc(-c2cccc(NS(=O)(=O)c3c(F)cccc3F)c2)c(-c2ccnc(Nc3cnc(N4CCOCC4)cc3O)n2)s1. The Kier molecular flexibility index (Phi) is 8.80. The number of halogens is 2. The molecule has 15 heteroatoms. The van der Waals surface area contributed by atoms with Crippen LogP contribution >= 0.6 is 11.3 Å². The third-order valence-corrected chi connectivity index (χ3v) is 9.86. The van der Waals surface area contributed by atoms with Gasteiger partial charge in [0.1, 0.15) is 28.9 Å². The number of nitrogens with one attached hydrogen (secondary N) is 2. The molecule has 0 saturated carbocycles. The average molecular weight is 666 g/mol. The molecule has 1 fully saturated rings. The van der Waals surface area contributed by atoms with Gasteiger partial charge in [-0.25, -0.2) is 37.1 Å². The van der Waals surface area contributed by atoms with Gasteiger partial charge < -0.3 is 20.1 Å². The number of rotatable bonds is 9. The lowest BCUT2D eigenvalue weighted by atomic mass is 10.1. The van der Waals surface area contributed by atoms with Gasteiger partial charge in [-0.1, -0.05) is 32.0 Å². The Morgan fingerprint density at radius 2 is 1.74 bits per heavy atom. The summed E-state index contributed by atoms with van der Waals surface area (Å²) in [6.45, 7) is 6.55. The fraction of sp³-hybridized carbons (Fsp3) is 0.226. The third kappa shape index (κ3) is 6.61. The van der Waals surface area contributed by atoms with Gasteiger partial charge in [0.2, 0.25) is 5.95 Å². The van der Waals surface area contributed by atoms with Gasteiger partial charge in [0.25, 0.3) is 10.0 Å². The number of ether oxygens (including phenoxy) is 1. The van der Waals surface area contributed by atoms with Crippen LogP contribution in [-0.4, -0.2) is 59.8 Å². The highest BCUT2D eigenvalue weighted by Gasteiger charge is 2.25. The Labute approximate surface area is 268 Å². The molecular weight excluding hydrogens is 637 g/mol. The van der Waals surface area contributed by atoms with Crippen molar-refractivity contribution >= 4 is 44.5 Å². The van der Waals surface area contributed by atoms with E-state index >= 15 is 0 Å². The number of hydrogen-bond acceptors (Lipinski definition) is 11. The molecule has 0 amide bonds. The summed E-state index contributed by atoms with van der Waals surface area (Å²) >= 11 is 1.43. The van der Waals surface area contributed by atoms with Crippen LogP contribution in [0.1, 0.15) is 24.8 Å². The Morgan fingerprint density at radius 3 is 2.46 bits per heavy atom. The molecule has 4 heterocycles. The van der Waals surface area contributed by atoms with E-state index in [9.17, 15) is 22.3 Å². The largest absolute Gasteiger partial charge is 0.506 e. The minimum Gasteiger partial charge on any atom is -0.506 e. The lowest BCUT2D eigenvalue weighted by Gasteiger charge is -2.28. The van der Waals surface area contributed by atoms with Crippen molar-refractivity contribution in [3.63, 3.8) is 0 Å². The predicted molar refractivity (Wildman–Crippen MR) is 172 cm³/mol. The van der Waals surface area contributed by atoms with E-state index in [0.717, 1.165) is 23.2 Å². The van der Waals surface area contributed by atoms with Crippen molar-refractivity contribution in [2.24, 2.45) is 0 Å². The van der Waals surface area contributed by atoms with Gasteiger partial charge in [-0.3, -0.25) is 4.72 Å². The van der Waals surface area contributed by atoms with Crippen LogP contribution in [0.25, 0.3) is 21.8 Å². The molecule has 2 aromatic carbocycles. The molecule has 1 saturated heterocycles. The fourth-order valence-corrected chi connectivity index (χ4v) is 7.04. The number of morpholine rings is 1. The van der Waals surface area contributed by atoms with Gasteiger partial charge in [-0.05, 0) is 30.3 Å². The minimum atomic E-state index is -4.57. The first-order valence-electron chi connectivity index (χ1n) is 14.3. The number of aromatic nitrogens is 4. The number of benzene rings is 2. The van der Waals surface area contributed by atoms with Gasteiger partial charge in [0.15, 0.2) is 4.90 Å². The van der Waals surface area contributed by atoms with Crippen molar-refractivity contribution in [1.82, 2.24) is 19.9 Å². The summed E-state index contributed by atoms with van der Waals surface area (Å²) in [6, 6.07) is 12.5. The Balaban J connectivity index is 1.30. The van der Waals surface area contributed by atoms with Crippen molar-refractivity contribution in [3.8, 4) is 27.6 Å². The highest BCUT2D eigenvalue weighted by molar-refractivity contribution is 7.92. The molecule has 1 aliphatic heterocycles. The second-order valence-corrected chi connectivity index (χ2v) is 13.3. The second-order valence-electron chi connectivity index (χ2n) is 10.7. The van der Waals surface area contributed by atoms with E-state index in [-0.39, 0.29) is 23.3 Å². The van der Waals surface area contributed by atoms with Crippen molar-refractivity contribution in [3.05, 3.63) is 83.6 Å². The van der Waals surface area contributed by atoms with E-state index < -0.39 is 26.6 Å². The summed E-state index contributed by atoms with van der Waals surface area (Å²) in [5, 5.41) is 14.6. The molecule has 3 aromatic heterocycles. The molecule has 3 N–H and O–H groups in total. The van der Waals surface area contributed by atoms with Gasteiger partial charge in [-0.2, -0.15) is 0 Å². The Morgan fingerprint density at radius 1 is 1.00 bits per heavy atom. The summed E-state index contributed by atoms with van der Waals surface area (Å²) in [7, 11) is -4.57.